The summed E-state index contributed by atoms with van der Waals surface area (Å²) >= 11 is 0. The fourth-order valence-corrected chi connectivity index (χ4v) is 4.79. The molecule has 2 heterocycles. The first-order valence-corrected chi connectivity index (χ1v) is 14.7. The van der Waals surface area contributed by atoms with Crippen molar-refractivity contribution in [1.82, 2.24) is 9.78 Å². The molecule has 0 atom stereocenters. The van der Waals surface area contributed by atoms with Crippen LogP contribution in [0.2, 0.25) is 0 Å². The third-order valence-electron chi connectivity index (χ3n) is 5.88. The number of esters is 1. The third kappa shape index (κ3) is 6.69. The molecule has 0 aliphatic carbocycles. The SMILES string of the molecule is COOCc1[nH]n(-c2ccc(S(=O)(=O)O)cc2)c(=O)c1C=CC=C1C(=O)N(c2ccc(S(=O)(=O)O)cc2)N=C1C(=O)OC. The molecule has 18 heteroatoms. The van der Waals surface area contributed by atoms with Crippen molar-refractivity contribution in [1.29, 1.82) is 0 Å². The second kappa shape index (κ2) is 12.3. The van der Waals surface area contributed by atoms with Crippen LogP contribution in [-0.2, 0) is 50.9 Å². The number of carbonyl (C=O) groups excluding carboxylic acids is 2. The Morgan fingerprint density at radius 1 is 0.930 bits per heavy atom. The van der Waals surface area contributed by atoms with Gasteiger partial charge in [0.25, 0.3) is 31.7 Å². The van der Waals surface area contributed by atoms with Crippen molar-refractivity contribution in [3.8, 4) is 5.69 Å². The summed E-state index contributed by atoms with van der Waals surface area (Å²) in [6, 6.07) is 9.26. The number of hydrogen-bond acceptors (Lipinski definition) is 11. The Morgan fingerprint density at radius 3 is 2.00 bits per heavy atom. The van der Waals surface area contributed by atoms with Crippen molar-refractivity contribution in [3.63, 3.8) is 0 Å². The number of aromatic amines is 1. The standard InChI is InChI=1S/C25H22N4O12S2/c1-39-25(32)22-20(24(31)29(27-22)16-8-12-18(13-9-16)43(36,37)38)5-3-4-19-21(14-41-40-2)26-28(23(19)30)15-6-10-17(11-7-15)42(33,34)35/h3-13,26H,14H2,1-2H3,(H,33,34,35)(H,36,37,38). The number of anilines is 1. The zero-order chi connectivity index (χ0) is 31.5. The fraction of sp³-hybridized carbons (Fsp3) is 0.120. The number of carbonyl (C=O) groups is 2. The van der Waals surface area contributed by atoms with Gasteiger partial charge in [-0.2, -0.15) is 26.9 Å². The minimum atomic E-state index is -4.49. The molecule has 1 amide bonds. The van der Waals surface area contributed by atoms with E-state index in [1.54, 1.807) is 0 Å². The maximum atomic E-state index is 13.2. The molecule has 2 aromatic carbocycles. The van der Waals surface area contributed by atoms with Gasteiger partial charge in [0.1, 0.15) is 6.61 Å². The van der Waals surface area contributed by atoms with E-state index >= 15 is 0 Å². The zero-order valence-corrected chi connectivity index (χ0v) is 23.8. The Morgan fingerprint density at radius 2 is 1.49 bits per heavy atom. The summed E-state index contributed by atoms with van der Waals surface area (Å²) in [5, 5.41) is 7.63. The number of nitrogens with one attached hydrogen (secondary N) is 1. The van der Waals surface area contributed by atoms with E-state index in [0.717, 1.165) is 41.1 Å². The summed E-state index contributed by atoms with van der Waals surface area (Å²) < 4.78 is 69.5. The number of hydrogen-bond donors (Lipinski definition) is 3. The highest BCUT2D eigenvalue weighted by atomic mass is 32.2. The molecule has 1 aliphatic rings. The van der Waals surface area contributed by atoms with Gasteiger partial charge in [0.15, 0.2) is 5.71 Å². The van der Waals surface area contributed by atoms with Crippen molar-refractivity contribution in [2.24, 2.45) is 5.10 Å². The van der Waals surface area contributed by atoms with Crippen molar-refractivity contribution >= 4 is 49.6 Å². The fourth-order valence-electron chi connectivity index (χ4n) is 3.83. The number of ether oxygens (including phenoxy) is 1. The Kier molecular flexibility index (Phi) is 8.90. The third-order valence-corrected chi connectivity index (χ3v) is 7.62. The summed E-state index contributed by atoms with van der Waals surface area (Å²) in [7, 11) is -6.60. The van der Waals surface area contributed by atoms with Gasteiger partial charge >= 0.3 is 5.97 Å². The zero-order valence-electron chi connectivity index (χ0n) is 22.2. The van der Waals surface area contributed by atoms with Crippen LogP contribution < -0.4 is 10.6 Å². The second-order valence-corrected chi connectivity index (χ2v) is 11.4. The van der Waals surface area contributed by atoms with Crippen molar-refractivity contribution in [3.05, 3.63) is 87.9 Å². The van der Waals surface area contributed by atoms with Gasteiger partial charge in [-0.1, -0.05) is 6.08 Å². The van der Waals surface area contributed by atoms with E-state index < -0.39 is 42.6 Å². The molecule has 0 fully saturated rings. The average molecular weight is 635 g/mol. The first kappa shape index (κ1) is 31.2. The summed E-state index contributed by atoms with van der Waals surface area (Å²) in [5.74, 6) is -1.73. The van der Waals surface area contributed by atoms with Crippen LogP contribution in [0.15, 0.2) is 85.9 Å². The Labute approximate surface area is 243 Å². The lowest BCUT2D eigenvalue weighted by Gasteiger charge is -2.11. The summed E-state index contributed by atoms with van der Waals surface area (Å²) in [5.41, 5.74) is -0.621. The molecule has 1 aliphatic heterocycles. The lowest BCUT2D eigenvalue weighted by Crippen LogP contribution is -2.22. The van der Waals surface area contributed by atoms with Crippen LogP contribution in [0.25, 0.3) is 11.8 Å². The first-order valence-electron chi connectivity index (χ1n) is 11.8. The van der Waals surface area contributed by atoms with Gasteiger partial charge in [0, 0.05) is 0 Å². The van der Waals surface area contributed by atoms with Crippen LogP contribution >= 0.6 is 0 Å². The number of rotatable bonds is 10. The molecule has 1 aromatic heterocycles. The number of aromatic nitrogens is 2. The molecule has 0 spiro atoms. The van der Waals surface area contributed by atoms with Gasteiger partial charge in [-0.05, 0) is 60.7 Å². The van der Waals surface area contributed by atoms with E-state index in [-0.39, 0.29) is 45.4 Å². The molecular weight excluding hydrogens is 612 g/mol. The van der Waals surface area contributed by atoms with Gasteiger partial charge in [-0.25, -0.2) is 19.3 Å². The minimum Gasteiger partial charge on any atom is -0.464 e. The quantitative estimate of drug-likeness (QED) is 0.0942. The number of benzene rings is 2. The Balaban J connectivity index is 1.70. The highest BCUT2D eigenvalue weighted by Crippen LogP contribution is 2.26. The molecule has 226 valence electrons. The van der Waals surface area contributed by atoms with Gasteiger partial charge in [0.2, 0.25) is 0 Å². The van der Waals surface area contributed by atoms with Gasteiger partial charge in [-0.3, -0.25) is 23.8 Å². The molecule has 43 heavy (non-hydrogen) atoms. The van der Waals surface area contributed by atoms with Gasteiger partial charge < -0.3 is 4.74 Å². The van der Waals surface area contributed by atoms with Crippen LogP contribution in [0.5, 0.6) is 0 Å². The maximum Gasteiger partial charge on any atom is 0.359 e. The first-order chi connectivity index (χ1) is 20.3. The van der Waals surface area contributed by atoms with Crippen LogP contribution in [0, 0.1) is 0 Å². The largest absolute Gasteiger partial charge is 0.464 e. The van der Waals surface area contributed by atoms with Crippen LogP contribution in [0.1, 0.15) is 11.3 Å². The van der Waals surface area contributed by atoms with Crippen LogP contribution in [0.3, 0.4) is 0 Å². The van der Waals surface area contributed by atoms with E-state index in [2.05, 4.69) is 15.1 Å². The molecule has 0 saturated carbocycles. The van der Waals surface area contributed by atoms with E-state index in [1.807, 2.05) is 0 Å². The molecule has 0 radical (unpaired) electrons. The monoisotopic (exact) mass is 634 g/mol. The number of allylic oxidation sites excluding steroid dienone is 2. The summed E-state index contributed by atoms with van der Waals surface area (Å²) in [4.78, 5) is 47.6. The van der Waals surface area contributed by atoms with Crippen molar-refractivity contribution < 1.29 is 50.0 Å². The number of hydrazone groups is 1. The average Bonchev–Trinajstić information content (AvgIpc) is 3.46. The highest BCUT2D eigenvalue weighted by Gasteiger charge is 2.35. The smallest absolute Gasteiger partial charge is 0.359 e. The molecule has 3 N–H and O–H groups in total. The summed E-state index contributed by atoms with van der Waals surface area (Å²) in [6.07, 6.45) is 3.82. The molecule has 4 rings (SSSR count). The molecule has 0 bridgehead atoms. The van der Waals surface area contributed by atoms with Crippen molar-refractivity contribution in [2.75, 3.05) is 19.2 Å². The molecular formula is C25H22N4O12S2. The van der Waals surface area contributed by atoms with E-state index in [0.29, 0.717) is 0 Å². The van der Waals surface area contributed by atoms with E-state index in [4.69, 9.17) is 9.62 Å². The lowest BCUT2D eigenvalue weighted by molar-refractivity contribution is -0.282. The van der Waals surface area contributed by atoms with Crippen LogP contribution in [-0.4, -0.2) is 67.5 Å². The molecule has 16 nitrogen and oxygen atoms in total. The summed E-state index contributed by atoms with van der Waals surface area (Å²) in [6.45, 7) is -0.223. The van der Waals surface area contributed by atoms with Crippen LogP contribution in [0.4, 0.5) is 5.69 Å². The predicted octanol–water partition coefficient (Wildman–Crippen LogP) is 1.25. The predicted molar refractivity (Wildman–Crippen MR) is 148 cm³/mol. The number of methoxy groups -OCH3 is 1. The number of H-pyrrole nitrogens is 1. The van der Waals surface area contributed by atoms with Gasteiger partial charge in [0.05, 0.1) is 52.2 Å². The number of nitrogens with zero attached hydrogens (tertiary/aromatic N) is 3. The molecule has 0 unspecified atom stereocenters. The molecule has 3 aromatic rings. The lowest BCUT2D eigenvalue weighted by atomic mass is 10.1. The maximum absolute atomic E-state index is 13.2. The van der Waals surface area contributed by atoms with Gasteiger partial charge in [-0.15, -0.1) is 0 Å². The Bertz CT molecular complexity index is 1940. The highest BCUT2D eigenvalue weighted by molar-refractivity contribution is 7.86. The number of amides is 1. The van der Waals surface area contributed by atoms with Crippen molar-refractivity contribution in [2.45, 2.75) is 16.4 Å². The Hall–Kier alpha value is -4.72. The molecule has 0 saturated heterocycles. The van der Waals surface area contributed by atoms with E-state index in [9.17, 15) is 40.3 Å². The second-order valence-electron chi connectivity index (χ2n) is 8.51. The normalized spacial score (nSPS) is 15.0. The minimum absolute atomic E-state index is 0.0485. The van der Waals surface area contributed by atoms with E-state index in [1.165, 1.54) is 49.6 Å². The topological polar surface area (TPSA) is 224 Å².